The van der Waals surface area contributed by atoms with Crippen LogP contribution in [0.2, 0.25) is 0 Å². The van der Waals surface area contributed by atoms with Crippen molar-refractivity contribution in [3.8, 4) is 0 Å². The fourth-order valence-electron chi connectivity index (χ4n) is 2.07. The summed E-state index contributed by atoms with van der Waals surface area (Å²) < 4.78 is 0. The molecule has 7 heteroatoms. The molecule has 0 aromatic heterocycles. The largest absolute Gasteiger partial charge is 0.378 e. The van der Waals surface area contributed by atoms with Crippen LogP contribution < -0.4 is 21.0 Å². The molecule has 0 saturated carbocycles. The lowest BCUT2D eigenvalue weighted by Crippen LogP contribution is -2.26. The van der Waals surface area contributed by atoms with Crippen LogP contribution in [0.25, 0.3) is 0 Å². The van der Waals surface area contributed by atoms with Gasteiger partial charge in [0, 0.05) is 39.6 Å². The molecule has 0 amide bonds. The maximum atomic E-state index is 5.73. The highest BCUT2D eigenvalue weighted by Gasteiger charge is 1.95. The molecule has 2 aromatic rings. The van der Waals surface area contributed by atoms with Crippen LogP contribution in [-0.4, -0.2) is 46.6 Å². The van der Waals surface area contributed by atoms with Gasteiger partial charge in [-0.3, -0.25) is 0 Å². The summed E-state index contributed by atoms with van der Waals surface area (Å²) in [5.41, 5.74) is 12.5. The van der Waals surface area contributed by atoms with Crippen LogP contribution in [0.5, 0.6) is 0 Å². The van der Waals surface area contributed by atoms with Gasteiger partial charge in [-0.05, 0) is 35.4 Å². The Kier molecular flexibility index (Phi) is 6.73. The van der Waals surface area contributed by atoms with Gasteiger partial charge < -0.3 is 15.5 Å². The van der Waals surface area contributed by atoms with Crippen LogP contribution in [0, 0.1) is 0 Å². The normalized spacial score (nSPS) is 11.9. The third kappa shape index (κ3) is 5.94. The first-order valence-electron chi connectivity index (χ1n) is 8.16. The van der Waals surface area contributed by atoms with E-state index < -0.39 is 0 Å². The van der Waals surface area contributed by atoms with E-state index in [0.29, 0.717) is 0 Å². The van der Waals surface area contributed by atoms with Crippen molar-refractivity contribution < 1.29 is 0 Å². The molecule has 26 heavy (non-hydrogen) atoms. The summed E-state index contributed by atoms with van der Waals surface area (Å²) in [5.74, 6) is 0.118. The number of nitrogens with one attached hydrogen (secondary N) is 1. The van der Waals surface area contributed by atoms with Gasteiger partial charge in [0.15, 0.2) is 0 Å². The van der Waals surface area contributed by atoms with Crippen molar-refractivity contribution in [1.82, 2.24) is 5.43 Å². The number of hydrazone groups is 1. The lowest BCUT2D eigenvalue weighted by molar-refractivity contribution is 0.994. The molecule has 0 unspecified atom stereocenters. The number of nitrogens with zero attached hydrogens (tertiary/aromatic N) is 5. The molecule has 0 bridgehead atoms. The highest BCUT2D eigenvalue weighted by Crippen LogP contribution is 2.11. The van der Waals surface area contributed by atoms with Gasteiger partial charge in [0.25, 0.3) is 0 Å². The number of hydrogen-bond donors (Lipinski definition) is 2. The van der Waals surface area contributed by atoms with Gasteiger partial charge >= 0.3 is 0 Å². The van der Waals surface area contributed by atoms with E-state index in [4.69, 9.17) is 5.73 Å². The van der Waals surface area contributed by atoms with E-state index in [1.54, 1.807) is 12.4 Å². The summed E-state index contributed by atoms with van der Waals surface area (Å²) in [6, 6.07) is 15.9. The molecule has 7 nitrogen and oxygen atoms in total. The minimum absolute atomic E-state index is 0.118. The highest BCUT2D eigenvalue weighted by atomic mass is 15.4. The van der Waals surface area contributed by atoms with Crippen molar-refractivity contribution in [2.45, 2.75) is 0 Å². The van der Waals surface area contributed by atoms with E-state index in [1.165, 1.54) is 0 Å². The van der Waals surface area contributed by atoms with Crippen molar-refractivity contribution in [1.29, 1.82) is 0 Å². The minimum Gasteiger partial charge on any atom is -0.378 e. The van der Waals surface area contributed by atoms with Crippen LogP contribution in [0.4, 0.5) is 11.4 Å². The van der Waals surface area contributed by atoms with E-state index in [0.717, 1.165) is 22.5 Å². The second-order valence-electron chi connectivity index (χ2n) is 6.07. The fourth-order valence-corrected chi connectivity index (χ4v) is 2.07. The molecule has 0 radical (unpaired) electrons. The Labute approximate surface area is 154 Å². The molecule has 2 rings (SSSR count). The van der Waals surface area contributed by atoms with Crippen LogP contribution in [0.1, 0.15) is 11.1 Å². The first kappa shape index (κ1) is 19.0. The fraction of sp³-hybridized carbons (Fsp3) is 0.211. The first-order chi connectivity index (χ1) is 12.5. The Morgan fingerprint density at radius 3 is 1.73 bits per heavy atom. The third-order valence-corrected chi connectivity index (χ3v) is 3.58. The number of anilines is 2. The summed E-state index contributed by atoms with van der Waals surface area (Å²) in [7, 11) is 7.99. The quantitative estimate of drug-likeness (QED) is 0.474. The van der Waals surface area contributed by atoms with E-state index in [9.17, 15) is 0 Å². The SMILES string of the molecule is CN(C)c1ccc(C=NN=C(N)NN=Cc2ccc(N(C)C)cc2)cc1. The molecule has 0 fully saturated rings. The summed E-state index contributed by atoms with van der Waals surface area (Å²) in [4.78, 5) is 4.07. The van der Waals surface area contributed by atoms with Gasteiger partial charge in [-0.25, -0.2) is 5.43 Å². The number of rotatable bonds is 6. The van der Waals surface area contributed by atoms with Gasteiger partial charge in [-0.1, -0.05) is 24.3 Å². The van der Waals surface area contributed by atoms with Crippen molar-refractivity contribution >= 4 is 29.8 Å². The summed E-state index contributed by atoms with van der Waals surface area (Å²) in [6.07, 6.45) is 3.31. The average Bonchev–Trinajstić information content (AvgIpc) is 2.62. The topological polar surface area (TPSA) is 81.6 Å². The standard InChI is InChI=1S/C19H25N7/c1-25(2)17-9-5-15(6-10-17)13-21-23-19(20)24-22-14-16-7-11-18(12-8-16)26(3)4/h5-14H,1-4H3,(H3,20,23,24). The van der Waals surface area contributed by atoms with Crippen molar-refractivity contribution in [3.05, 3.63) is 59.7 Å². The third-order valence-electron chi connectivity index (χ3n) is 3.58. The number of hydrogen-bond acceptors (Lipinski definition) is 5. The summed E-state index contributed by atoms with van der Waals surface area (Å²) in [6.45, 7) is 0. The zero-order valence-electron chi connectivity index (χ0n) is 15.6. The molecule has 0 atom stereocenters. The number of nitrogens with two attached hydrogens (primary N) is 1. The van der Waals surface area contributed by atoms with E-state index in [-0.39, 0.29) is 5.96 Å². The molecule has 2 aromatic carbocycles. The van der Waals surface area contributed by atoms with Gasteiger partial charge in [-0.2, -0.15) is 10.2 Å². The Morgan fingerprint density at radius 1 is 0.808 bits per heavy atom. The molecule has 0 saturated heterocycles. The average molecular weight is 351 g/mol. The molecule has 0 aliphatic heterocycles. The highest BCUT2D eigenvalue weighted by molar-refractivity contribution is 5.84. The van der Waals surface area contributed by atoms with Gasteiger partial charge in [0.2, 0.25) is 5.96 Å². The Bertz CT molecular complexity index is 773. The zero-order chi connectivity index (χ0) is 18.9. The molecular weight excluding hydrogens is 326 g/mol. The smallest absolute Gasteiger partial charge is 0.234 e. The van der Waals surface area contributed by atoms with Crippen molar-refractivity contribution in [3.63, 3.8) is 0 Å². The van der Waals surface area contributed by atoms with Crippen molar-refractivity contribution in [2.75, 3.05) is 38.0 Å². The molecule has 136 valence electrons. The van der Waals surface area contributed by atoms with Gasteiger partial charge in [0.1, 0.15) is 0 Å². The zero-order valence-corrected chi connectivity index (χ0v) is 15.6. The second kappa shape index (κ2) is 9.22. The predicted octanol–water partition coefficient (Wildman–Crippen LogP) is 2.09. The molecular formula is C19H25N7. The van der Waals surface area contributed by atoms with Crippen LogP contribution >= 0.6 is 0 Å². The molecule has 3 N–H and O–H groups in total. The van der Waals surface area contributed by atoms with Crippen molar-refractivity contribution in [2.24, 2.45) is 21.0 Å². The first-order valence-corrected chi connectivity index (χ1v) is 8.16. The van der Waals surface area contributed by atoms with E-state index in [1.807, 2.05) is 86.5 Å². The summed E-state index contributed by atoms with van der Waals surface area (Å²) in [5, 5.41) is 11.9. The Balaban J connectivity index is 1.87. The van der Waals surface area contributed by atoms with E-state index in [2.05, 4.69) is 20.7 Å². The summed E-state index contributed by atoms with van der Waals surface area (Å²) >= 11 is 0. The molecule has 0 spiro atoms. The lowest BCUT2D eigenvalue weighted by atomic mass is 10.2. The Hall–Kier alpha value is -3.35. The van der Waals surface area contributed by atoms with Crippen LogP contribution in [0.3, 0.4) is 0 Å². The minimum atomic E-state index is 0.118. The maximum Gasteiger partial charge on any atom is 0.234 e. The second-order valence-corrected chi connectivity index (χ2v) is 6.07. The molecule has 0 heterocycles. The van der Waals surface area contributed by atoms with Gasteiger partial charge in [0.05, 0.1) is 12.4 Å². The predicted molar refractivity (Wildman–Crippen MR) is 111 cm³/mol. The molecule has 0 aliphatic carbocycles. The maximum absolute atomic E-state index is 5.73. The van der Waals surface area contributed by atoms with Crippen LogP contribution in [0.15, 0.2) is 63.8 Å². The number of guanidine groups is 1. The van der Waals surface area contributed by atoms with Crippen LogP contribution in [-0.2, 0) is 0 Å². The lowest BCUT2D eigenvalue weighted by Gasteiger charge is -2.11. The number of benzene rings is 2. The van der Waals surface area contributed by atoms with E-state index >= 15 is 0 Å². The monoisotopic (exact) mass is 351 g/mol. The molecule has 0 aliphatic rings. The Morgan fingerprint density at radius 2 is 1.27 bits per heavy atom. The van der Waals surface area contributed by atoms with Gasteiger partial charge in [-0.15, -0.1) is 5.10 Å².